The summed E-state index contributed by atoms with van der Waals surface area (Å²) in [5.41, 5.74) is 2.85. The number of nitrogens with zero attached hydrogens (tertiary/aromatic N) is 1. The second-order valence-electron chi connectivity index (χ2n) is 18.6. The van der Waals surface area contributed by atoms with E-state index in [0.29, 0.717) is 24.4 Å². The van der Waals surface area contributed by atoms with Gasteiger partial charge < -0.3 is 22.5 Å². The molecule has 0 bridgehead atoms. The minimum Gasteiger partial charge on any atom is -0.415 e. The van der Waals surface area contributed by atoms with Crippen LogP contribution in [0.2, 0.25) is 78.6 Å². The molecule has 0 aromatic carbocycles. The Morgan fingerprint density at radius 2 is 1.56 bits per heavy atom. The van der Waals surface area contributed by atoms with E-state index in [4.69, 9.17) is 22.5 Å². The maximum Gasteiger partial charge on any atom is 0.184 e. The first-order valence-corrected chi connectivity index (χ1v) is 30.9. The van der Waals surface area contributed by atoms with Gasteiger partial charge in [0.1, 0.15) is 12.8 Å². The highest BCUT2D eigenvalue weighted by Gasteiger charge is 2.70. The highest BCUT2D eigenvalue weighted by Crippen LogP contribution is 2.69. The summed E-state index contributed by atoms with van der Waals surface area (Å²) < 4.78 is 29.0. The Balaban J connectivity index is 1.93. The third-order valence-electron chi connectivity index (χ3n) is 10.4. The van der Waals surface area contributed by atoms with E-state index in [-0.39, 0.29) is 23.0 Å². The van der Waals surface area contributed by atoms with Crippen molar-refractivity contribution in [3.05, 3.63) is 35.5 Å². The van der Waals surface area contributed by atoms with Gasteiger partial charge in [0.05, 0.1) is 24.4 Å². The summed E-state index contributed by atoms with van der Waals surface area (Å²) in [4.78, 5) is 5.18. The molecule has 0 radical (unpaired) electrons. The first kappa shape index (κ1) is 37.2. The summed E-state index contributed by atoms with van der Waals surface area (Å²) in [6, 6.07) is 0. The average molecular weight is 692 g/mol. The number of hydrogen-bond acceptors (Lipinski definition) is 6. The zero-order valence-corrected chi connectivity index (χ0v) is 35.5. The van der Waals surface area contributed by atoms with E-state index in [1.165, 1.54) is 11.1 Å². The normalized spacial score (nSPS) is 37.0. The Morgan fingerprint density at radius 3 is 2.09 bits per heavy atom. The molecule has 0 aromatic rings. The van der Waals surface area contributed by atoms with Crippen LogP contribution in [0.5, 0.6) is 0 Å². The van der Waals surface area contributed by atoms with Gasteiger partial charge in [0, 0.05) is 16.7 Å². The summed E-state index contributed by atoms with van der Waals surface area (Å²) in [5.74, 6) is 1.15. The number of oxime groups is 1. The third-order valence-corrected chi connectivity index (χ3v) is 14.4. The van der Waals surface area contributed by atoms with Gasteiger partial charge >= 0.3 is 0 Å². The van der Waals surface area contributed by atoms with E-state index in [1.807, 2.05) is 0 Å². The Bertz CT molecular complexity index is 1240. The highest BCUT2D eigenvalue weighted by atomic mass is 28.4. The maximum atomic E-state index is 7.64. The smallest absolute Gasteiger partial charge is 0.184 e. The quantitative estimate of drug-likeness (QED) is 0.160. The third kappa shape index (κ3) is 7.68. The van der Waals surface area contributed by atoms with Crippen LogP contribution in [0.4, 0.5) is 0 Å². The zero-order chi connectivity index (χ0) is 34.0. The van der Waals surface area contributed by atoms with Crippen molar-refractivity contribution in [2.24, 2.45) is 33.7 Å². The van der Waals surface area contributed by atoms with Crippen molar-refractivity contribution in [2.75, 3.05) is 13.7 Å². The number of hydrogen-bond donors (Lipinski definition) is 0. The maximum absolute atomic E-state index is 7.64. The molecule has 45 heavy (non-hydrogen) atoms. The predicted molar refractivity (Wildman–Crippen MR) is 199 cm³/mol. The lowest BCUT2D eigenvalue weighted by molar-refractivity contribution is -0.179. The van der Waals surface area contributed by atoms with Crippen LogP contribution in [0.1, 0.15) is 40.0 Å². The molecule has 256 valence electrons. The molecule has 4 rings (SSSR count). The second-order valence-corrected chi connectivity index (χ2v) is 36.5. The van der Waals surface area contributed by atoms with Gasteiger partial charge in [0.2, 0.25) is 0 Å². The van der Waals surface area contributed by atoms with Gasteiger partial charge in [-0.05, 0) is 134 Å². The standard InChI is InChI=1S/C35H65NO5Si4/c1-25-21-27-28-18-20-35(41-45(14,15)16,31(40-44(11,12)13)24-38-42(5,6)7)34(28,3)23-30(39-43(8,9)10)32(27)33(2)19-17-26(36-37-4)22-29(25)33/h17,19,21-22,27-28,30-32H,18,20,23-24H2,1-16H3/b36-26+/t27?,28?,30?,31?,32?,33?,34?,35-/m0/s1. The molecule has 4 aliphatic rings. The molecule has 8 atom stereocenters. The van der Waals surface area contributed by atoms with E-state index in [0.717, 1.165) is 25.0 Å². The summed E-state index contributed by atoms with van der Waals surface area (Å²) >= 11 is 0. The fourth-order valence-electron chi connectivity index (χ4n) is 9.24. The Hall–Kier alpha value is -0.602. The van der Waals surface area contributed by atoms with Crippen LogP contribution in [0, 0.1) is 28.6 Å². The van der Waals surface area contributed by atoms with Crippen LogP contribution in [-0.4, -0.2) is 70.5 Å². The van der Waals surface area contributed by atoms with Gasteiger partial charge in [0.15, 0.2) is 33.3 Å². The molecule has 10 heteroatoms. The first-order valence-electron chi connectivity index (χ1n) is 17.3. The molecular weight excluding hydrogens is 627 g/mol. The van der Waals surface area contributed by atoms with Crippen molar-refractivity contribution in [1.29, 1.82) is 0 Å². The highest BCUT2D eigenvalue weighted by molar-refractivity contribution is 6.71. The van der Waals surface area contributed by atoms with Crippen molar-refractivity contribution in [3.63, 3.8) is 0 Å². The molecule has 0 saturated heterocycles. The summed E-state index contributed by atoms with van der Waals surface area (Å²) in [7, 11) is -6.06. The van der Waals surface area contributed by atoms with E-state index in [1.54, 1.807) is 7.11 Å². The van der Waals surface area contributed by atoms with Crippen molar-refractivity contribution in [2.45, 2.75) is 136 Å². The first-order chi connectivity index (χ1) is 20.3. The number of allylic oxidation sites excluding steroid dienone is 6. The monoisotopic (exact) mass is 691 g/mol. The lowest BCUT2D eigenvalue weighted by Crippen LogP contribution is -2.67. The van der Waals surface area contributed by atoms with Crippen LogP contribution in [0.25, 0.3) is 0 Å². The molecule has 0 amide bonds. The Morgan fingerprint density at radius 1 is 0.911 bits per heavy atom. The summed E-state index contributed by atoms with van der Waals surface area (Å²) in [5, 5.41) is 4.29. The van der Waals surface area contributed by atoms with Crippen LogP contribution in [0.15, 0.2) is 40.6 Å². The molecule has 2 fully saturated rings. The molecule has 0 aromatic heterocycles. The number of fused-ring (bicyclic) bond motifs is 5. The van der Waals surface area contributed by atoms with Gasteiger partial charge in [-0.3, -0.25) is 0 Å². The van der Waals surface area contributed by atoms with E-state index in [9.17, 15) is 0 Å². The van der Waals surface area contributed by atoms with Gasteiger partial charge in [-0.25, -0.2) is 0 Å². The van der Waals surface area contributed by atoms with E-state index >= 15 is 0 Å². The molecule has 0 spiro atoms. The van der Waals surface area contributed by atoms with Crippen molar-refractivity contribution in [1.82, 2.24) is 0 Å². The fourth-order valence-corrected chi connectivity index (χ4v) is 13.7. The van der Waals surface area contributed by atoms with Crippen molar-refractivity contribution < 1.29 is 22.5 Å². The van der Waals surface area contributed by atoms with Gasteiger partial charge in [0.25, 0.3) is 0 Å². The fraction of sp³-hybridized carbons (Fsp3) is 0.800. The minimum atomic E-state index is -2.02. The van der Waals surface area contributed by atoms with Crippen molar-refractivity contribution >= 4 is 39.0 Å². The van der Waals surface area contributed by atoms with Gasteiger partial charge in [-0.2, -0.15) is 0 Å². The molecule has 2 saturated carbocycles. The number of rotatable bonds is 11. The SMILES string of the molecule is CO/N=C1\C=CC2(C)C(=C1)C(C)=CC1C2C(O[Si](C)(C)C)CC2(C)C1CC[C@]2(O[Si](C)(C)C)C(CO[Si](C)(C)C)O[Si](C)(C)C. The van der Waals surface area contributed by atoms with Crippen LogP contribution in [-0.2, 0) is 22.5 Å². The van der Waals surface area contributed by atoms with E-state index in [2.05, 4.69) is 129 Å². The topological polar surface area (TPSA) is 58.5 Å². The minimum absolute atomic E-state index is 0.0966. The Kier molecular flexibility index (Phi) is 10.2. The molecule has 0 N–H and O–H groups in total. The lowest BCUT2D eigenvalue weighted by atomic mass is 9.47. The molecule has 7 unspecified atom stereocenters. The molecule has 6 nitrogen and oxygen atoms in total. The molecule has 0 aliphatic heterocycles. The zero-order valence-electron chi connectivity index (χ0n) is 31.5. The molecular formula is C35H65NO5Si4. The lowest BCUT2D eigenvalue weighted by Gasteiger charge is -2.63. The second kappa shape index (κ2) is 12.4. The average Bonchev–Trinajstić information content (AvgIpc) is 3.11. The van der Waals surface area contributed by atoms with Gasteiger partial charge in [-0.15, -0.1) is 0 Å². The predicted octanol–water partition coefficient (Wildman–Crippen LogP) is 9.39. The Labute approximate surface area is 279 Å². The van der Waals surface area contributed by atoms with E-state index < -0.39 is 38.9 Å². The largest absolute Gasteiger partial charge is 0.415 e. The molecule has 0 heterocycles. The molecule has 4 aliphatic carbocycles. The van der Waals surface area contributed by atoms with Gasteiger partial charge in [-0.1, -0.05) is 36.7 Å². The summed E-state index contributed by atoms with van der Waals surface area (Å²) in [6.45, 7) is 35.8. The summed E-state index contributed by atoms with van der Waals surface area (Å²) in [6.07, 6.45) is 12.5. The van der Waals surface area contributed by atoms with Crippen LogP contribution < -0.4 is 0 Å². The van der Waals surface area contributed by atoms with Crippen LogP contribution in [0.3, 0.4) is 0 Å². The van der Waals surface area contributed by atoms with Crippen molar-refractivity contribution in [3.8, 4) is 0 Å². The van der Waals surface area contributed by atoms with Crippen LogP contribution >= 0.6 is 0 Å².